The molecule has 8 heteroatoms. The third-order valence-corrected chi connectivity index (χ3v) is 5.87. The zero-order chi connectivity index (χ0) is 22.8. The molecule has 1 fully saturated rings. The molecule has 2 aromatic carbocycles. The van der Waals surface area contributed by atoms with Gasteiger partial charge in [0.2, 0.25) is 0 Å². The second kappa shape index (κ2) is 8.74. The van der Waals surface area contributed by atoms with E-state index < -0.39 is 0 Å². The van der Waals surface area contributed by atoms with Gasteiger partial charge in [0.05, 0.1) is 25.3 Å². The first-order chi connectivity index (χ1) is 15.4. The van der Waals surface area contributed by atoms with Crippen LogP contribution in [-0.4, -0.2) is 66.6 Å². The molecule has 0 radical (unpaired) electrons. The largest absolute Gasteiger partial charge is 0.493 e. The highest BCUT2D eigenvalue weighted by molar-refractivity contribution is 6.06. The molecule has 1 aliphatic heterocycles. The minimum atomic E-state index is -0.227. The van der Waals surface area contributed by atoms with Crippen molar-refractivity contribution in [2.75, 3.05) is 40.4 Å². The second-order valence-electron chi connectivity index (χ2n) is 7.63. The molecule has 166 valence electrons. The lowest BCUT2D eigenvalue weighted by Gasteiger charge is -2.35. The second-order valence-corrected chi connectivity index (χ2v) is 7.63. The van der Waals surface area contributed by atoms with Crippen LogP contribution >= 0.6 is 0 Å². The Hall–Kier alpha value is -3.81. The quantitative estimate of drug-likeness (QED) is 0.627. The average Bonchev–Trinajstić information content (AvgIpc) is 2.85. The maximum Gasteiger partial charge on any atom is 0.254 e. The average molecular weight is 435 g/mol. The minimum absolute atomic E-state index is 0.128. The monoisotopic (exact) mass is 435 g/mol. The van der Waals surface area contributed by atoms with E-state index in [2.05, 4.69) is 0 Å². The molecule has 1 saturated heterocycles. The summed E-state index contributed by atoms with van der Waals surface area (Å²) in [4.78, 5) is 41.9. The Morgan fingerprint density at radius 1 is 0.812 bits per heavy atom. The van der Waals surface area contributed by atoms with Crippen LogP contribution < -0.4 is 15.0 Å². The Balaban J connectivity index is 1.50. The van der Waals surface area contributed by atoms with E-state index in [1.165, 1.54) is 17.7 Å². The van der Waals surface area contributed by atoms with Gasteiger partial charge in [0, 0.05) is 50.2 Å². The first-order valence-electron chi connectivity index (χ1n) is 10.3. The van der Waals surface area contributed by atoms with Crippen LogP contribution in [0, 0.1) is 0 Å². The lowest BCUT2D eigenvalue weighted by atomic mass is 10.1. The van der Waals surface area contributed by atoms with Gasteiger partial charge < -0.3 is 23.8 Å². The molecular formula is C24H25N3O5. The number of aryl methyl sites for hydroxylation is 1. The fourth-order valence-electron chi connectivity index (χ4n) is 4.02. The van der Waals surface area contributed by atoms with E-state index in [4.69, 9.17) is 9.47 Å². The number of para-hydroxylation sites is 1. The highest BCUT2D eigenvalue weighted by Crippen LogP contribution is 2.28. The number of nitrogens with zero attached hydrogens (tertiary/aromatic N) is 3. The van der Waals surface area contributed by atoms with Gasteiger partial charge in [-0.25, -0.2) is 0 Å². The summed E-state index contributed by atoms with van der Waals surface area (Å²) in [6.45, 7) is 1.59. The zero-order valence-corrected chi connectivity index (χ0v) is 18.3. The minimum Gasteiger partial charge on any atom is -0.493 e. The van der Waals surface area contributed by atoms with E-state index in [0.717, 1.165) is 5.39 Å². The Labute approximate surface area is 185 Å². The molecule has 0 spiro atoms. The lowest BCUT2D eigenvalue weighted by Crippen LogP contribution is -2.50. The first kappa shape index (κ1) is 21.4. The number of pyridine rings is 1. The number of fused-ring (bicyclic) bond motifs is 1. The standard InChI is InChI=1S/C24H25N3O5/c1-25-19-7-5-4-6-17(19)18(15-22(25)28)24(30)27-12-10-26(11-13-27)23(29)16-8-9-20(31-2)21(14-16)32-3/h4-9,14-15H,10-13H2,1-3H3. The number of amides is 2. The van der Waals surface area contributed by atoms with Crippen molar-refractivity contribution in [3.63, 3.8) is 0 Å². The van der Waals surface area contributed by atoms with Crippen molar-refractivity contribution in [1.29, 1.82) is 0 Å². The van der Waals surface area contributed by atoms with Crippen molar-refractivity contribution in [2.24, 2.45) is 7.05 Å². The Kier molecular flexibility index (Phi) is 5.85. The first-order valence-corrected chi connectivity index (χ1v) is 10.3. The summed E-state index contributed by atoms with van der Waals surface area (Å²) < 4.78 is 12.1. The van der Waals surface area contributed by atoms with Crippen LogP contribution in [0.5, 0.6) is 11.5 Å². The van der Waals surface area contributed by atoms with Crippen LogP contribution in [0.25, 0.3) is 10.9 Å². The zero-order valence-electron chi connectivity index (χ0n) is 18.3. The molecule has 0 saturated carbocycles. The van der Waals surface area contributed by atoms with Crippen molar-refractivity contribution in [3.05, 3.63) is 70.0 Å². The van der Waals surface area contributed by atoms with E-state index >= 15 is 0 Å². The van der Waals surface area contributed by atoms with Crippen LogP contribution in [0.15, 0.2) is 53.3 Å². The maximum atomic E-state index is 13.2. The van der Waals surface area contributed by atoms with E-state index in [1.807, 2.05) is 24.3 Å². The molecule has 32 heavy (non-hydrogen) atoms. The van der Waals surface area contributed by atoms with Crippen LogP contribution in [0.4, 0.5) is 0 Å². The van der Waals surface area contributed by atoms with E-state index in [1.54, 1.807) is 42.2 Å². The number of hydrogen-bond donors (Lipinski definition) is 0. The third kappa shape index (κ3) is 3.79. The van der Waals surface area contributed by atoms with Gasteiger partial charge in [-0.15, -0.1) is 0 Å². The Morgan fingerprint density at radius 3 is 2.09 bits per heavy atom. The summed E-state index contributed by atoms with van der Waals surface area (Å²) in [6, 6.07) is 13.8. The predicted molar refractivity (Wildman–Crippen MR) is 121 cm³/mol. The molecule has 3 aromatic rings. The smallest absolute Gasteiger partial charge is 0.254 e. The number of carbonyl (C=O) groups is 2. The molecule has 0 bridgehead atoms. The van der Waals surface area contributed by atoms with Gasteiger partial charge in [0.15, 0.2) is 11.5 Å². The van der Waals surface area contributed by atoms with Gasteiger partial charge in [-0.2, -0.15) is 0 Å². The highest BCUT2D eigenvalue weighted by Gasteiger charge is 2.27. The van der Waals surface area contributed by atoms with Gasteiger partial charge in [0.25, 0.3) is 17.4 Å². The van der Waals surface area contributed by atoms with Crippen LogP contribution in [0.3, 0.4) is 0 Å². The Bertz CT molecular complexity index is 1240. The van der Waals surface area contributed by atoms with Gasteiger partial charge in [-0.05, 0) is 24.3 Å². The number of aromatic nitrogens is 1. The molecule has 1 aliphatic rings. The normalized spacial score (nSPS) is 13.8. The molecule has 2 heterocycles. The predicted octanol–water partition coefficient (Wildman–Crippen LogP) is 2.15. The topological polar surface area (TPSA) is 81.1 Å². The summed E-state index contributed by atoms with van der Waals surface area (Å²) in [5.74, 6) is 0.722. The summed E-state index contributed by atoms with van der Waals surface area (Å²) >= 11 is 0. The molecule has 2 amide bonds. The summed E-state index contributed by atoms with van der Waals surface area (Å²) in [5.41, 5.74) is 1.38. The molecule has 4 rings (SSSR count). The van der Waals surface area contributed by atoms with E-state index in [9.17, 15) is 14.4 Å². The lowest BCUT2D eigenvalue weighted by molar-refractivity contribution is 0.0536. The van der Waals surface area contributed by atoms with Crippen LogP contribution in [0.2, 0.25) is 0 Å². The van der Waals surface area contributed by atoms with Crippen molar-refractivity contribution in [2.45, 2.75) is 0 Å². The van der Waals surface area contributed by atoms with Crippen molar-refractivity contribution in [3.8, 4) is 11.5 Å². The number of piperazine rings is 1. The van der Waals surface area contributed by atoms with Crippen LogP contribution in [-0.2, 0) is 7.05 Å². The Morgan fingerprint density at radius 2 is 1.44 bits per heavy atom. The number of carbonyl (C=O) groups excluding carboxylic acids is 2. The number of ether oxygens (including phenoxy) is 2. The van der Waals surface area contributed by atoms with Crippen LogP contribution in [0.1, 0.15) is 20.7 Å². The number of methoxy groups -OCH3 is 2. The number of benzene rings is 2. The molecule has 0 aliphatic carbocycles. The fourth-order valence-corrected chi connectivity index (χ4v) is 4.02. The molecular weight excluding hydrogens is 410 g/mol. The van der Waals surface area contributed by atoms with Crippen molar-refractivity contribution < 1.29 is 19.1 Å². The molecule has 0 atom stereocenters. The van der Waals surface area contributed by atoms with Gasteiger partial charge in [-0.3, -0.25) is 14.4 Å². The summed E-state index contributed by atoms with van der Waals surface area (Å²) in [7, 11) is 4.76. The maximum absolute atomic E-state index is 13.2. The van der Waals surface area contributed by atoms with Gasteiger partial charge in [0.1, 0.15) is 0 Å². The molecule has 0 unspecified atom stereocenters. The van der Waals surface area contributed by atoms with E-state index in [0.29, 0.717) is 54.3 Å². The molecule has 1 aromatic heterocycles. The number of hydrogen-bond acceptors (Lipinski definition) is 5. The molecule has 8 nitrogen and oxygen atoms in total. The fraction of sp³-hybridized carbons (Fsp3) is 0.292. The summed E-state index contributed by atoms with van der Waals surface area (Å²) in [6.07, 6.45) is 0. The van der Waals surface area contributed by atoms with E-state index in [-0.39, 0.29) is 17.4 Å². The third-order valence-electron chi connectivity index (χ3n) is 5.87. The SMILES string of the molecule is COc1ccc(C(=O)N2CCN(C(=O)c3cc(=O)n(C)c4ccccc34)CC2)cc1OC. The van der Waals surface area contributed by atoms with Crippen molar-refractivity contribution in [1.82, 2.24) is 14.4 Å². The summed E-state index contributed by atoms with van der Waals surface area (Å²) in [5, 5.41) is 0.739. The number of rotatable bonds is 4. The van der Waals surface area contributed by atoms with Gasteiger partial charge in [-0.1, -0.05) is 18.2 Å². The van der Waals surface area contributed by atoms with Gasteiger partial charge >= 0.3 is 0 Å². The van der Waals surface area contributed by atoms with Crippen molar-refractivity contribution >= 4 is 22.7 Å². The highest BCUT2D eigenvalue weighted by atomic mass is 16.5. The molecule has 0 N–H and O–H groups in total.